The van der Waals surface area contributed by atoms with Gasteiger partial charge in [0.2, 0.25) is 5.78 Å². The largest absolute Gasteiger partial charge is 0.493 e. The van der Waals surface area contributed by atoms with Gasteiger partial charge in [0, 0.05) is 12.1 Å². The summed E-state index contributed by atoms with van der Waals surface area (Å²) in [4.78, 5) is 12.4. The summed E-state index contributed by atoms with van der Waals surface area (Å²) in [5.74, 6) is -0.156. The van der Waals surface area contributed by atoms with Crippen molar-refractivity contribution in [3.8, 4) is 5.75 Å². The molecule has 19 heavy (non-hydrogen) atoms. The molecular formula is C14H15FN2O2. The molecule has 1 aromatic carbocycles. The van der Waals surface area contributed by atoms with Crippen LogP contribution in [0.4, 0.5) is 4.39 Å². The number of aryl methyl sites for hydroxylation is 1. The van der Waals surface area contributed by atoms with Crippen LogP contribution < -0.4 is 4.74 Å². The Labute approximate surface area is 110 Å². The van der Waals surface area contributed by atoms with Crippen molar-refractivity contribution in [2.45, 2.75) is 19.9 Å². The first-order valence-electron chi connectivity index (χ1n) is 6.07. The lowest BCUT2D eigenvalue weighted by Crippen LogP contribution is -2.12. The quantitative estimate of drug-likeness (QED) is 0.778. The van der Waals surface area contributed by atoms with E-state index in [0.29, 0.717) is 23.6 Å². The molecule has 1 aromatic heterocycles. The van der Waals surface area contributed by atoms with Gasteiger partial charge in [-0.25, -0.2) is 4.39 Å². The number of hydrogen-bond donors (Lipinski definition) is 0. The minimum absolute atomic E-state index is 0.220. The second-order valence-corrected chi connectivity index (χ2v) is 4.12. The predicted molar refractivity (Wildman–Crippen MR) is 68.9 cm³/mol. The molecule has 0 spiro atoms. The van der Waals surface area contributed by atoms with E-state index in [-0.39, 0.29) is 11.6 Å². The Bertz CT molecular complexity index is 576. The maximum absolute atomic E-state index is 12.9. The van der Waals surface area contributed by atoms with Crippen molar-refractivity contribution < 1.29 is 13.9 Å². The minimum Gasteiger partial charge on any atom is -0.493 e. The van der Waals surface area contributed by atoms with E-state index in [1.54, 1.807) is 4.68 Å². The number of nitrogens with zero attached hydrogens (tertiary/aromatic N) is 2. The molecule has 0 N–H and O–H groups in total. The van der Waals surface area contributed by atoms with Crippen LogP contribution in [0.25, 0.3) is 0 Å². The van der Waals surface area contributed by atoms with E-state index >= 15 is 0 Å². The lowest BCUT2D eigenvalue weighted by atomic mass is 10.1. The van der Waals surface area contributed by atoms with Crippen molar-refractivity contribution in [3.05, 3.63) is 47.5 Å². The van der Waals surface area contributed by atoms with Gasteiger partial charge in [-0.2, -0.15) is 5.10 Å². The van der Waals surface area contributed by atoms with Gasteiger partial charge >= 0.3 is 0 Å². The van der Waals surface area contributed by atoms with E-state index in [0.717, 1.165) is 6.42 Å². The first kappa shape index (κ1) is 13.3. The summed E-state index contributed by atoms with van der Waals surface area (Å²) in [7, 11) is 1.49. The van der Waals surface area contributed by atoms with Crippen LogP contribution in [0.2, 0.25) is 0 Å². The summed E-state index contributed by atoms with van der Waals surface area (Å²) < 4.78 is 19.7. The van der Waals surface area contributed by atoms with Crippen LogP contribution in [-0.2, 0) is 6.54 Å². The average molecular weight is 262 g/mol. The maximum Gasteiger partial charge on any atom is 0.214 e. The minimum atomic E-state index is -0.370. The topological polar surface area (TPSA) is 44.1 Å². The molecule has 0 aliphatic rings. The standard InChI is InChI=1S/C14H15FN2O2/c1-3-8-17-13(12(19-2)9-16-17)14(18)10-4-6-11(15)7-5-10/h4-7,9H,3,8H2,1-2H3. The van der Waals surface area contributed by atoms with Crippen molar-refractivity contribution in [3.63, 3.8) is 0 Å². The second-order valence-electron chi connectivity index (χ2n) is 4.12. The highest BCUT2D eigenvalue weighted by molar-refractivity contribution is 6.09. The van der Waals surface area contributed by atoms with E-state index in [2.05, 4.69) is 5.10 Å². The first-order chi connectivity index (χ1) is 9.17. The molecule has 0 atom stereocenters. The van der Waals surface area contributed by atoms with Crippen molar-refractivity contribution >= 4 is 5.78 Å². The third-order valence-electron chi connectivity index (χ3n) is 2.78. The fourth-order valence-corrected chi connectivity index (χ4v) is 1.87. The van der Waals surface area contributed by atoms with Gasteiger partial charge in [-0.05, 0) is 30.7 Å². The fraction of sp³-hybridized carbons (Fsp3) is 0.286. The molecule has 0 aliphatic carbocycles. The number of carbonyl (C=O) groups is 1. The van der Waals surface area contributed by atoms with Crippen molar-refractivity contribution in [2.24, 2.45) is 0 Å². The van der Waals surface area contributed by atoms with E-state index < -0.39 is 0 Å². The number of methoxy groups -OCH3 is 1. The molecule has 0 bridgehead atoms. The van der Waals surface area contributed by atoms with E-state index in [1.165, 1.54) is 37.6 Å². The van der Waals surface area contributed by atoms with Crippen molar-refractivity contribution in [1.82, 2.24) is 9.78 Å². The highest BCUT2D eigenvalue weighted by Gasteiger charge is 2.20. The van der Waals surface area contributed by atoms with Gasteiger partial charge < -0.3 is 4.74 Å². The average Bonchev–Trinajstić information content (AvgIpc) is 2.82. The van der Waals surface area contributed by atoms with Gasteiger partial charge in [0.05, 0.1) is 13.3 Å². The van der Waals surface area contributed by atoms with Gasteiger partial charge in [0.1, 0.15) is 5.82 Å². The molecule has 0 saturated carbocycles. The van der Waals surface area contributed by atoms with Crippen LogP contribution >= 0.6 is 0 Å². The zero-order chi connectivity index (χ0) is 13.8. The molecule has 0 amide bonds. The predicted octanol–water partition coefficient (Wildman–Crippen LogP) is 2.67. The number of halogens is 1. The Kier molecular flexibility index (Phi) is 3.94. The summed E-state index contributed by atoms with van der Waals surface area (Å²) in [6.45, 7) is 2.63. The Morgan fingerprint density at radius 3 is 2.63 bits per heavy atom. The maximum atomic E-state index is 12.9. The second kappa shape index (κ2) is 5.65. The summed E-state index contributed by atoms with van der Waals surface area (Å²) >= 11 is 0. The Hall–Kier alpha value is -2.17. The van der Waals surface area contributed by atoms with Crippen LogP contribution in [0.5, 0.6) is 5.75 Å². The highest BCUT2D eigenvalue weighted by atomic mass is 19.1. The molecule has 0 saturated heterocycles. The van der Waals surface area contributed by atoms with Gasteiger partial charge in [-0.15, -0.1) is 0 Å². The van der Waals surface area contributed by atoms with Crippen molar-refractivity contribution in [1.29, 1.82) is 0 Å². The van der Waals surface area contributed by atoms with E-state index in [4.69, 9.17) is 4.74 Å². The zero-order valence-electron chi connectivity index (χ0n) is 10.9. The summed E-state index contributed by atoms with van der Waals surface area (Å²) in [5, 5.41) is 4.14. The molecule has 1 heterocycles. The lowest BCUT2D eigenvalue weighted by molar-refractivity contribution is 0.102. The highest BCUT2D eigenvalue weighted by Crippen LogP contribution is 2.21. The van der Waals surface area contributed by atoms with E-state index in [1.807, 2.05) is 6.92 Å². The van der Waals surface area contributed by atoms with Crippen molar-refractivity contribution in [2.75, 3.05) is 7.11 Å². The normalized spacial score (nSPS) is 10.5. The fourth-order valence-electron chi connectivity index (χ4n) is 1.87. The number of ether oxygens (including phenoxy) is 1. The molecule has 0 aliphatic heterocycles. The number of ketones is 1. The smallest absolute Gasteiger partial charge is 0.214 e. The first-order valence-corrected chi connectivity index (χ1v) is 6.07. The summed E-state index contributed by atoms with van der Waals surface area (Å²) in [5.41, 5.74) is 0.813. The van der Waals surface area contributed by atoms with Gasteiger partial charge in [-0.3, -0.25) is 9.48 Å². The third-order valence-corrected chi connectivity index (χ3v) is 2.78. The molecule has 100 valence electrons. The van der Waals surface area contributed by atoms with Crippen LogP contribution in [0.1, 0.15) is 29.4 Å². The number of carbonyl (C=O) groups excluding carboxylic acids is 1. The summed E-state index contributed by atoms with van der Waals surface area (Å²) in [6.07, 6.45) is 2.38. The van der Waals surface area contributed by atoms with Crippen LogP contribution in [0.3, 0.4) is 0 Å². The molecule has 2 aromatic rings. The molecule has 0 unspecified atom stereocenters. The Morgan fingerprint density at radius 2 is 2.05 bits per heavy atom. The van der Waals surface area contributed by atoms with Gasteiger partial charge in [-0.1, -0.05) is 6.92 Å². The van der Waals surface area contributed by atoms with Crippen LogP contribution in [0, 0.1) is 5.82 Å². The van der Waals surface area contributed by atoms with Crippen LogP contribution in [-0.4, -0.2) is 22.7 Å². The number of rotatable bonds is 5. The number of benzene rings is 1. The van der Waals surface area contributed by atoms with Crippen LogP contribution in [0.15, 0.2) is 30.5 Å². The molecule has 5 heteroatoms. The molecule has 2 rings (SSSR count). The molecule has 0 fully saturated rings. The van der Waals surface area contributed by atoms with E-state index in [9.17, 15) is 9.18 Å². The third kappa shape index (κ3) is 2.65. The number of hydrogen-bond acceptors (Lipinski definition) is 3. The SMILES string of the molecule is CCCn1ncc(OC)c1C(=O)c1ccc(F)cc1. The van der Waals surface area contributed by atoms with Gasteiger partial charge in [0.25, 0.3) is 0 Å². The zero-order valence-corrected chi connectivity index (χ0v) is 10.9. The number of aromatic nitrogens is 2. The monoisotopic (exact) mass is 262 g/mol. The Morgan fingerprint density at radius 1 is 1.37 bits per heavy atom. The summed E-state index contributed by atoms with van der Waals surface area (Å²) in [6, 6.07) is 5.45. The van der Waals surface area contributed by atoms with Gasteiger partial charge in [0.15, 0.2) is 11.4 Å². The molecule has 0 radical (unpaired) electrons. The molecule has 4 nitrogen and oxygen atoms in total. The molecular weight excluding hydrogens is 247 g/mol. The lowest BCUT2D eigenvalue weighted by Gasteiger charge is -2.07. The Balaban J connectivity index is 2.42.